The monoisotopic (exact) mass is 226 g/mol. The van der Waals surface area contributed by atoms with Crippen LogP contribution in [0.4, 0.5) is 4.79 Å². The average molecular weight is 226 g/mol. The molecule has 0 saturated carbocycles. The van der Waals surface area contributed by atoms with E-state index < -0.39 is 0 Å². The van der Waals surface area contributed by atoms with E-state index in [-0.39, 0.29) is 6.03 Å². The number of amides is 2. The van der Waals surface area contributed by atoms with Gasteiger partial charge in [0.05, 0.1) is 0 Å². The highest BCUT2D eigenvalue weighted by Gasteiger charge is 2.20. The van der Waals surface area contributed by atoms with Gasteiger partial charge in [-0.2, -0.15) is 0 Å². The summed E-state index contributed by atoms with van der Waals surface area (Å²) in [7, 11) is 0. The van der Waals surface area contributed by atoms with Crippen molar-refractivity contribution in [2.45, 2.75) is 52.4 Å². The zero-order valence-corrected chi connectivity index (χ0v) is 10.9. The Morgan fingerprint density at radius 3 is 1.94 bits per heavy atom. The first kappa shape index (κ1) is 13.3. The molecule has 0 spiro atoms. The second kappa shape index (κ2) is 7.53. The topological polar surface area (TPSA) is 23.6 Å². The van der Waals surface area contributed by atoms with E-state index in [1.54, 1.807) is 0 Å². The molecule has 0 atom stereocenters. The molecule has 16 heavy (non-hydrogen) atoms. The van der Waals surface area contributed by atoms with Crippen LogP contribution < -0.4 is 0 Å². The van der Waals surface area contributed by atoms with E-state index in [4.69, 9.17) is 0 Å². The SMILES string of the molecule is CCCN(CCC)C(=O)N1CCCCCC1. The fraction of sp³-hybridized carbons (Fsp3) is 0.923. The Labute approximate surface area is 99.8 Å². The summed E-state index contributed by atoms with van der Waals surface area (Å²) in [5.41, 5.74) is 0. The predicted octanol–water partition coefficient (Wildman–Crippen LogP) is 3.10. The largest absolute Gasteiger partial charge is 0.325 e. The van der Waals surface area contributed by atoms with Crippen molar-refractivity contribution < 1.29 is 4.79 Å². The van der Waals surface area contributed by atoms with Crippen molar-refractivity contribution in [2.75, 3.05) is 26.2 Å². The first-order chi connectivity index (χ1) is 7.79. The average Bonchev–Trinajstić information content (AvgIpc) is 2.56. The molecule has 0 bridgehead atoms. The number of hydrogen-bond donors (Lipinski definition) is 0. The predicted molar refractivity (Wildman–Crippen MR) is 67.6 cm³/mol. The van der Waals surface area contributed by atoms with Gasteiger partial charge in [0.1, 0.15) is 0 Å². The molecular formula is C13H26N2O. The molecule has 94 valence electrons. The van der Waals surface area contributed by atoms with Crippen molar-refractivity contribution in [2.24, 2.45) is 0 Å². The zero-order valence-electron chi connectivity index (χ0n) is 10.9. The highest BCUT2D eigenvalue weighted by molar-refractivity contribution is 5.74. The van der Waals surface area contributed by atoms with Gasteiger partial charge in [-0.15, -0.1) is 0 Å². The van der Waals surface area contributed by atoms with E-state index in [1.165, 1.54) is 25.7 Å². The Morgan fingerprint density at radius 1 is 1.00 bits per heavy atom. The van der Waals surface area contributed by atoms with Crippen molar-refractivity contribution in [3.8, 4) is 0 Å². The van der Waals surface area contributed by atoms with Crippen molar-refractivity contribution in [3.63, 3.8) is 0 Å². The van der Waals surface area contributed by atoms with E-state index in [1.807, 2.05) is 4.90 Å². The number of carbonyl (C=O) groups excluding carboxylic acids is 1. The van der Waals surface area contributed by atoms with Gasteiger partial charge in [0.25, 0.3) is 0 Å². The van der Waals surface area contributed by atoms with Crippen molar-refractivity contribution in [3.05, 3.63) is 0 Å². The first-order valence-corrected chi connectivity index (χ1v) is 6.83. The molecular weight excluding hydrogens is 200 g/mol. The smallest absolute Gasteiger partial charge is 0.319 e. The van der Waals surface area contributed by atoms with Crippen LogP contribution in [0.5, 0.6) is 0 Å². The van der Waals surface area contributed by atoms with Gasteiger partial charge in [0.2, 0.25) is 0 Å². The summed E-state index contributed by atoms with van der Waals surface area (Å²) in [6.45, 7) is 8.01. The van der Waals surface area contributed by atoms with E-state index in [2.05, 4.69) is 18.7 Å². The minimum atomic E-state index is 0.269. The second-order valence-corrected chi connectivity index (χ2v) is 4.67. The van der Waals surface area contributed by atoms with Gasteiger partial charge >= 0.3 is 6.03 Å². The molecule has 0 aromatic rings. The maximum absolute atomic E-state index is 12.3. The maximum Gasteiger partial charge on any atom is 0.319 e. The van der Waals surface area contributed by atoms with Crippen molar-refractivity contribution in [1.29, 1.82) is 0 Å². The molecule has 1 heterocycles. The van der Waals surface area contributed by atoms with Crippen LogP contribution in [0.25, 0.3) is 0 Å². The van der Waals surface area contributed by atoms with Gasteiger partial charge in [0, 0.05) is 26.2 Å². The Morgan fingerprint density at radius 2 is 1.50 bits per heavy atom. The van der Waals surface area contributed by atoms with Crippen LogP contribution in [0.15, 0.2) is 0 Å². The fourth-order valence-corrected chi connectivity index (χ4v) is 2.30. The van der Waals surface area contributed by atoms with Gasteiger partial charge in [-0.1, -0.05) is 26.7 Å². The van der Waals surface area contributed by atoms with Crippen LogP contribution in [-0.4, -0.2) is 42.0 Å². The molecule has 0 radical (unpaired) electrons. The molecule has 3 heteroatoms. The molecule has 0 aromatic heterocycles. The lowest BCUT2D eigenvalue weighted by Crippen LogP contribution is -2.44. The number of rotatable bonds is 4. The number of hydrogen-bond acceptors (Lipinski definition) is 1. The molecule has 1 rings (SSSR count). The number of nitrogens with zero attached hydrogens (tertiary/aromatic N) is 2. The van der Waals surface area contributed by atoms with Crippen LogP contribution in [-0.2, 0) is 0 Å². The molecule has 0 aliphatic carbocycles. The number of carbonyl (C=O) groups is 1. The van der Waals surface area contributed by atoms with Gasteiger partial charge in [-0.05, 0) is 25.7 Å². The van der Waals surface area contributed by atoms with E-state index in [9.17, 15) is 4.79 Å². The summed E-state index contributed by atoms with van der Waals surface area (Å²) in [6, 6.07) is 0.269. The molecule has 1 aliphatic rings. The third-order valence-electron chi connectivity index (χ3n) is 3.13. The minimum Gasteiger partial charge on any atom is -0.325 e. The maximum atomic E-state index is 12.3. The molecule has 2 amide bonds. The standard InChI is InChI=1S/C13H26N2O/c1-3-9-14(10-4-2)13(16)15-11-7-5-6-8-12-15/h3-12H2,1-2H3. The number of urea groups is 1. The molecule has 3 nitrogen and oxygen atoms in total. The van der Waals surface area contributed by atoms with Gasteiger partial charge < -0.3 is 9.80 Å². The first-order valence-electron chi connectivity index (χ1n) is 6.83. The third-order valence-corrected chi connectivity index (χ3v) is 3.13. The van der Waals surface area contributed by atoms with Crippen LogP contribution >= 0.6 is 0 Å². The Hall–Kier alpha value is -0.730. The summed E-state index contributed by atoms with van der Waals surface area (Å²) in [5.74, 6) is 0. The summed E-state index contributed by atoms with van der Waals surface area (Å²) in [6.07, 6.45) is 7.03. The Balaban J connectivity index is 2.49. The van der Waals surface area contributed by atoms with E-state index >= 15 is 0 Å². The molecule has 1 saturated heterocycles. The van der Waals surface area contributed by atoms with E-state index in [0.717, 1.165) is 39.0 Å². The highest BCUT2D eigenvalue weighted by atomic mass is 16.2. The van der Waals surface area contributed by atoms with Crippen LogP contribution in [0.1, 0.15) is 52.4 Å². The highest BCUT2D eigenvalue weighted by Crippen LogP contribution is 2.12. The van der Waals surface area contributed by atoms with Crippen molar-refractivity contribution >= 4 is 6.03 Å². The summed E-state index contributed by atoms with van der Waals surface area (Å²) in [5, 5.41) is 0. The molecule has 0 unspecified atom stereocenters. The fourth-order valence-electron chi connectivity index (χ4n) is 2.30. The lowest BCUT2D eigenvalue weighted by Gasteiger charge is -2.29. The van der Waals surface area contributed by atoms with E-state index in [0.29, 0.717) is 0 Å². The molecule has 1 fully saturated rings. The summed E-state index contributed by atoms with van der Waals surface area (Å²) >= 11 is 0. The van der Waals surface area contributed by atoms with Gasteiger partial charge in [-0.25, -0.2) is 4.79 Å². The van der Waals surface area contributed by atoms with Gasteiger partial charge in [-0.3, -0.25) is 0 Å². The minimum absolute atomic E-state index is 0.269. The Kier molecular flexibility index (Phi) is 6.27. The zero-order chi connectivity index (χ0) is 11.8. The quantitative estimate of drug-likeness (QED) is 0.722. The molecule has 1 aliphatic heterocycles. The Bertz CT molecular complexity index is 188. The lowest BCUT2D eigenvalue weighted by molar-refractivity contribution is 0.154. The molecule has 0 N–H and O–H groups in total. The van der Waals surface area contributed by atoms with Crippen molar-refractivity contribution in [1.82, 2.24) is 9.80 Å². The summed E-state index contributed by atoms with van der Waals surface area (Å²) < 4.78 is 0. The van der Waals surface area contributed by atoms with Gasteiger partial charge in [0.15, 0.2) is 0 Å². The van der Waals surface area contributed by atoms with Crippen LogP contribution in [0.2, 0.25) is 0 Å². The summed E-state index contributed by atoms with van der Waals surface area (Å²) in [4.78, 5) is 16.4. The van der Waals surface area contributed by atoms with Crippen LogP contribution in [0, 0.1) is 0 Å². The molecule has 0 aromatic carbocycles. The lowest BCUT2D eigenvalue weighted by atomic mass is 10.2. The number of likely N-dealkylation sites (tertiary alicyclic amines) is 1. The normalized spacial score (nSPS) is 17.0. The second-order valence-electron chi connectivity index (χ2n) is 4.67. The third kappa shape index (κ3) is 4.03. The van der Waals surface area contributed by atoms with Crippen LogP contribution in [0.3, 0.4) is 0 Å².